The Bertz CT molecular complexity index is 567. The van der Waals surface area contributed by atoms with Crippen LogP contribution in [-0.4, -0.2) is 11.9 Å². The van der Waals surface area contributed by atoms with Gasteiger partial charge in [-0.05, 0) is 37.3 Å². The highest BCUT2D eigenvalue weighted by Gasteiger charge is 2.14. The van der Waals surface area contributed by atoms with Gasteiger partial charge in [0, 0.05) is 18.2 Å². The summed E-state index contributed by atoms with van der Waals surface area (Å²) in [6, 6.07) is 7.21. The second kappa shape index (κ2) is 5.56. The number of amides is 1. The summed E-state index contributed by atoms with van der Waals surface area (Å²) in [7, 11) is 0. The lowest BCUT2D eigenvalue weighted by Gasteiger charge is -2.13. The minimum Gasteiger partial charge on any atom is -0.469 e. The molecule has 100 valence electrons. The topological polar surface area (TPSA) is 68.3 Å². The van der Waals surface area contributed by atoms with Crippen LogP contribution >= 0.6 is 0 Å². The summed E-state index contributed by atoms with van der Waals surface area (Å²) >= 11 is 0. The third-order valence-corrected chi connectivity index (χ3v) is 2.72. The molecular weight excluding hydrogens is 247 g/mol. The number of anilines is 1. The van der Waals surface area contributed by atoms with Gasteiger partial charge in [-0.3, -0.25) is 4.79 Å². The van der Waals surface area contributed by atoms with Gasteiger partial charge in [-0.1, -0.05) is 0 Å². The second-order valence-electron chi connectivity index (χ2n) is 4.39. The van der Waals surface area contributed by atoms with Crippen LogP contribution in [0.5, 0.6) is 0 Å². The Labute approximate surface area is 110 Å². The maximum Gasteiger partial charge on any atom is 0.253 e. The molecule has 1 unspecified atom stereocenters. The van der Waals surface area contributed by atoms with Crippen LogP contribution in [0.2, 0.25) is 0 Å². The predicted molar refractivity (Wildman–Crippen MR) is 70.2 cm³/mol. The van der Waals surface area contributed by atoms with Crippen LogP contribution in [0.15, 0.2) is 41.0 Å². The second-order valence-corrected chi connectivity index (χ2v) is 4.39. The number of carbonyl (C=O) groups is 1. The van der Waals surface area contributed by atoms with Crippen LogP contribution in [0.4, 0.5) is 10.1 Å². The van der Waals surface area contributed by atoms with Crippen molar-refractivity contribution in [3.8, 4) is 0 Å². The number of rotatable bonds is 4. The van der Waals surface area contributed by atoms with Gasteiger partial charge >= 0.3 is 0 Å². The maximum atomic E-state index is 13.1. The molecule has 2 rings (SSSR count). The average Bonchev–Trinajstić information content (AvgIpc) is 2.84. The zero-order chi connectivity index (χ0) is 13.8. The molecule has 0 fully saturated rings. The van der Waals surface area contributed by atoms with Crippen molar-refractivity contribution >= 4 is 11.6 Å². The number of furan rings is 1. The standard InChI is InChI=1S/C14H15FN2O2/c1-9(7-11-3-2-6-19-11)17-14(18)12-8-10(15)4-5-13(12)16/h2-6,8-9H,7,16H2,1H3,(H,17,18). The fourth-order valence-electron chi connectivity index (χ4n) is 1.81. The van der Waals surface area contributed by atoms with E-state index in [1.165, 1.54) is 12.1 Å². The van der Waals surface area contributed by atoms with E-state index < -0.39 is 11.7 Å². The van der Waals surface area contributed by atoms with Gasteiger partial charge in [0.2, 0.25) is 0 Å². The smallest absolute Gasteiger partial charge is 0.253 e. The molecule has 5 heteroatoms. The van der Waals surface area contributed by atoms with E-state index in [4.69, 9.17) is 10.2 Å². The lowest BCUT2D eigenvalue weighted by atomic mass is 10.1. The van der Waals surface area contributed by atoms with Crippen LogP contribution in [-0.2, 0) is 6.42 Å². The van der Waals surface area contributed by atoms with Crippen molar-refractivity contribution < 1.29 is 13.6 Å². The first-order valence-electron chi connectivity index (χ1n) is 5.94. The fraction of sp³-hybridized carbons (Fsp3) is 0.214. The first kappa shape index (κ1) is 13.1. The average molecular weight is 262 g/mol. The molecule has 1 aromatic carbocycles. The first-order chi connectivity index (χ1) is 9.06. The van der Waals surface area contributed by atoms with Crippen LogP contribution < -0.4 is 11.1 Å². The van der Waals surface area contributed by atoms with Crippen molar-refractivity contribution in [1.29, 1.82) is 0 Å². The molecule has 3 N–H and O–H groups in total. The minimum atomic E-state index is -0.488. The van der Waals surface area contributed by atoms with E-state index in [1.807, 2.05) is 13.0 Å². The molecule has 0 aliphatic heterocycles. The summed E-state index contributed by atoms with van der Waals surface area (Å²) < 4.78 is 18.3. The van der Waals surface area contributed by atoms with E-state index in [0.29, 0.717) is 6.42 Å². The Kier molecular flexibility index (Phi) is 3.85. The first-order valence-corrected chi connectivity index (χ1v) is 5.94. The quantitative estimate of drug-likeness (QED) is 0.831. The molecular formula is C14H15FN2O2. The van der Waals surface area contributed by atoms with Gasteiger partial charge in [0.05, 0.1) is 11.8 Å². The number of hydrogen-bond acceptors (Lipinski definition) is 3. The van der Waals surface area contributed by atoms with Gasteiger partial charge in [0.15, 0.2) is 0 Å². The van der Waals surface area contributed by atoms with Gasteiger partial charge in [-0.25, -0.2) is 4.39 Å². The third kappa shape index (κ3) is 3.34. The third-order valence-electron chi connectivity index (χ3n) is 2.72. The Hall–Kier alpha value is -2.30. The number of benzene rings is 1. The van der Waals surface area contributed by atoms with E-state index in [2.05, 4.69) is 5.32 Å². The SMILES string of the molecule is CC(Cc1ccco1)NC(=O)c1cc(F)ccc1N. The van der Waals surface area contributed by atoms with Crippen molar-refractivity contribution in [2.24, 2.45) is 0 Å². The van der Waals surface area contributed by atoms with E-state index in [9.17, 15) is 9.18 Å². The molecule has 1 atom stereocenters. The van der Waals surface area contributed by atoms with Gasteiger partial charge in [0.1, 0.15) is 11.6 Å². The number of halogens is 1. The molecule has 1 aromatic heterocycles. The number of hydrogen-bond donors (Lipinski definition) is 2. The van der Waals surface area contributed by atoms with Gasteiger partial charge in [0.25, 0.3) is 5.91 Å². The highest BCUT2D eigenvalue weighted by atomic mass is 19.1. The van der Waals surface area contributed by atoms with Crippen LogP contribution in [0.3, 0.4) is 0 Å². The van der Waals surface area contributed by atoms with Gasteiger partial charge in [-0.15, -0.1) is 0 Å². The summed E-state index contributed by atoms with van der Waals surface area (Å²) in [5, 5.41) is 2.76. The van der Waals surface area contributed by atoms with Crippen LogP contribution in [0, 0.1) is 5.82 Å². The highest BCUT2D eigenvalue weighted by Crippen LogP contribution is 2.13. The largest absolute Gasteiger partial charge is 0.469 e. The van der Waals surface area contributed by atoms with Crippen molar-refractivity contribution in [2.45, 2.75) is 19.4 Å². The Morgan fingerprint density at radius 3 is 2.95 bits per heavy atom. The molecule has 2 aromatic rings. The molecule has 0 aliphatic rings. The Morgan fingerprint density at radius 2 is 2.26 bits per heavy atom. The van der Waals surface area contributed by atoms with Crippen molar-refractivity contribution in [1.82, 2.24) is 5.32 Å². The van der Waals surface area contributed by atoms with E-state index in [0.717, 1.165) is 11.8 Å². The Balaban J connectivity index is 2.02. The fourth-order valence-corrected chi connectivity index (χ4v) is 1.81. The van der Waals surface area contributed by atoms with Crippen LogP contribution in [0.25, 0.3) is 0 Å². The monoisotopic (exact) mass is 262 g/mol. The summed E-state index contributed by atoms with van der Waals surface area (Å²) in [5.41, 5.74) is 6.05. The lowest BCUT2D eigenvalue weighted by Crippen LogP contribution is -2.34. The summed E-state index contributed by atoms with van der Waals surface area (Å²) in [6.07, 6.45) is 2.14. The number of nitrogen functional groups attached to an aromatic ring is 1. The van der Waals surface area contributed by atoms with Crippen molar-refractivity contribution in [2.75, 3.05) is 5.73 Å². The highest BCUT2D eigenvalue weighted by molar-refractivity contribution is 5.99. The van der Waals surface area contributed by atoms with Crippen molar-refractivity contribution in [3.05, 3.63) is 53.7 Å². The zero-order valence-corrected chi connectivity index (χ0v) is 10.5. The molecule has 0 saturated carbocycles. The maximum absolute atomic E-state index is 13.1. The Morgan fingerprint density at radius 1 is 1.47 bits per heavy atom. The van der Waals surface area contributed by atoms with E-state index >= 15 is 0 Å². The summed E-state index contributed by atoms with van der Waals surface area (Å²) in [6.45, 7) is 1.84. The lowest BCUT2D eigenvalue weighted by molar-refractivity contribution is 0.0939. The molecule has 0 saturated heterocycles. The molecule has 0 bridgehead atoms. The van der Waals surface area contributed by atoms with Crippen molar-refractivity contribution in [3.63, 3.8) is 0 Å². The molecule has 19 heavy (non-hydrogen) atoms. The molecule has 4 nitrogen and oxygen atoms in total. The summed E-state index contributed by atoms with van der Waals surface area (Å²) in [4.78, 5) is 12.0. The zero-order valence-electron chi connectivity index (χ0n) is 10.5. The molecule has 0 radical (unpaired) electrons. The van der Waals surface area contributed by atoms with Gasteiger partial charge in [-0.2, -0.15) is 0 Å². The number of nitrogens with two attached hydrogens (primary N) is 1. The van der Waals surface area contributed by atoms with Crippen LogP contribution in [0.1, 0.15) is 23.0 Å². The van der Waals surface area contributed by atoms with E-state index in [-0.39, 0.29) is 17.3 Å². The van der Waals surface area contributed by atoms with Gasteiger partial charge < -0.3 is 15.5 Å². The molecule has 0 aliphatic carbocycles. The normalized spacial score (nSPS) is 12.1. The predicted octanol–water partition coefficient (Wildman–Crippen LogP) is 2.36. The molecule has 0 spiro atoms. The van der Waals surface area contributed by atoms with E-state index in [1.54, 1.807) is 12.3 Å². The number of carbonyl (C=O) groups excluding carboxylic acids is 1. The summed E-state index contributed by atoms with van der Waals surface area (Å²) in [5.74, 6) is -0.103. The number of nitrogens with one attached hydrogen (secondary N) is 1. The molecule has 1 amide bonds. The molecule has 1 heterocycles. The minimum absolute atomic E-state index is 0.138.